The molecule has 1 N–H and O–H groups in total. The molecule has 0 unspecified atom stereocenters. The van der Waals surface area contributed by atoms with Gasteiger partial charge in [-0.2, -0.15) is 0 Å². The lowest BCUT2D eigenvalue weighted by Crippen LogP contribution is -2.48. The van der Waals surface area contributed by atoms with Crippen LogP contribution in [0.4, 0.5) is 5.82 Å². The SMILES string of the molecule is O=C(/C=C/c1ccccc1)N1CCN(c2ncnc3nc[nH]c23)CC1. The van der Waals surface area contributed by atoms with Gasteiger partial charge in [0.15, 0.2) is 11.5 Å². The highest BCUT2D eigenvalue weighted by Crippen LogP contribution is 2.20. The number of fused-ring (bicyclic) bond motifs is 1. The molecule has 25 heavy (non-hydrogen) atoms. The number of benzene rings is 1. The number of nitrogens with zero attached hydrogens (tertiary/aromatic N) is 5. The highest BCUT2D eigenvalue weighted by atomic mass is 16.2. The van der Waals surface area contributed by atoms with Crippen molar-refractivity contribution in [3.05, 3.63) is 54.6 Å². The van der Waals surface area contributed by atoms with Crippen molar-refractivity contribution in [1.29, 1.82) is 0 Å². The standard InChI is InChI=1S/C18H18N6O/c25-15(7-6-14-4-2-1-3-5-14)23-8-10-24(11-9-23)18-16-17(20-12-19-16)21-13-22-18/h1-7,12-13H,8-11H2,(H,19,20,21,22)/b7-6+. The van der Waals surface area contributed by atoms with Gasteiger partial charge in [-0.1, -0.05) is 30.3 Å². The van der Waals surface area contributed by atoms with Crippen molar-refractivity contribution in [3.63, 3.8) is 0 Å². The average Bonchev–Trinajstić information content (AvgIpc) is 3.16. The number of nitrogens with one attached hydrogen (secondary N) is 1. The molecular formula is C18H18N6O. The summed E-state index contributed by atoms with van der Waals surface area (Å²) in [5.41, 5.74) is 2.53. The maximum atomic E-state index is 12.4. The number of aromatic nitrogens is 4. The lowest BCUT2D eigenvalue weighted by atomic mass is 10.2. The lowest BCUT2D eigenvalue weighted by molar-refractivity contribution is -0.126. The smallest absolute Gasteiger partial charge is 0.246 e. The summed E-state index contributed by atoms with van der Waals surface area (Å²) < 4.78 is 0. The first-order chi connectivity index (χ1) is 12.3. The second-order valence-electron chi connectivity index (χ2n) is 5.85. The van der Waals surface area contributed by atoms with Crippen LogP contribution in [0.2, 0.25) is 0 Å². The summed E-state index contributed by atoms with van der Waals surface area (Å²) in [6, 6.07) is 9.84. The van der Waals surface area contributed by atoms with Crippen LogP contribution in [0, 0.1) is 0 Å². The summed E-state index contributed by atoms with van der Waals surface area (Å²) in [5, 5.41) is 0. The van der Waals surface area contributed by atoms with Gasteiger partial charge >= 0.3 is 0 Å². The number of H-pyrrole nitrogens is 1. The van der Waals surface area contributed by atoms with E-state index < -0.39 is 0 Å². The predicted octanol–water partition coefficient (Wildman–Crippen LogP) is 1.71. The molecule has 1 amide bonds. The molecule has 0 bridgehead atoms. The largest absolute Gasteiger partial charge is 0.351 e. The summed E-state index contributed by atoms with van der Waals surface area (Å²) >= 11 is 0. The maximum absolute atomic E-state index is 12.4. The number of imidazole rings is 1. The first-order valence-electron chi connectivity index (χ1n) is 8.22. The number of aromatic amines is 1. The van der Waals surface area contributed by atoms with E-state index in [4.69, 9.17) is 0 Å². The Morgan fingerprint density at radius 2 is 1.84 bits per heavy atom. The Morgan fingerprint density at radius 3 is 2.64 bits per heavy atom. The number of rotatable bonds is 3. The minimum Gasteiger partial charge on any atom is -0.351 e. The van der Waals surface area contributed by atoms with Crippen LogP contribution in [0.5, 0.6) is 0 Å². The molecule has 126 valence electrons. The van der Waals surface area contributed by atoms with Crippen LogP contribution in [0.3, 0.4) is 0 Å². The molecular weight excluding hydrogens is 316 g/mol. The van der Waals surface area contributed by atoms with Gasteiger partial charge in [0.1, 0.15) is 11.8 Å². The van der Waals surface area contributed by atoms with Crippen LogP contribution in [0.25, 0.3) is 17.2 Å². The monoisotopic (exact) mass is 334 g/mol. The number of piperazine rings is 1. The summed E-state index contributed by atoms with van der Waals surface area (Å²) in [7, 11) is 0. The Kier molecular flexibility index (Phi) is 4.12. The number of amides is 1. The first kappa shape index (κ1) is 15.3. The van der Waals surface area contributed by atoms with Crippen molar-refractivity contribution in [2.45, 2.75) is 0 Å². The molecule has 7 nitrogen and oxygen atoms in total. The van der Waals surface area contributed by atoms with Crippen molar-refractivity contribution in [2.24, 2.45) is 0 Å². The van der Waals surface area contributed by atoms with Gasteiger partial charge in [0.05, 0.1) is 6.33 Å². The molecule has 3 heterocycles. The molecule has 0 saturated carbocycles. The van der Waals surface area contributed by atoms with Crippen molar-refractivity contribution in [3.8, 4) is 0 Å². The van der Waals surface area contributed by atoms with Gasteiger partial charge in [-0.05, 0) is 11.6 Å². The fourth-order valence-corrected chi connectivity index (χ4v) is 2.97. The van der Waals surface area contributed by atoms with Crippen LogP contribution in [-0.4, -0.2) is 56.9 Å². The van der Waals surface area contributed by atoms with Gasteiger partial charge in [0.2, 0.25) is 5.91 Å². The average molecular weight is 334 g/mol. The first-order valence-corrected chi connectivity index (χ1v) is 8.22. The molecule has 1 saturated heterocycles. The Labute approximate surface area is 145 Å². The molecule has 1 aromatic carbocycles. The molecule has 1 aliphatic rings. The van der Waals surface area contributed by atoms with E-state index >= 15 is 0 Å². The fourth-order valence-electron chi connectivity index (χ4n) is 2.97. The molecule has 1 fully saturated rings. The minimum atomic E-state index is 0.0397. The molecule has 0 spiro atoms. The van der Waals surface area contributed by atoms with Gasteiger partial charge in [-0.15, -0.1) is 0 Å². The van der Waals surface area contributed by atoms with Crippen LogP contribution in [0.1, 0.15) is 5.56 Å². The third-order valence-electron chi connectivity index (χ3n) is 4.31. The number of carbonyl (C=O) groups is 1. The normalized spacial score (nSPS) is 15.2. The van der Waals surface area contributed by atoms with Crippen molar-refractivity contribution < 1.29 is 4.79 Å². The molecule has 4 rings (SSSR count). The van der Waals surface area contributed by atoms with Crippen LogP contribution < -0.4 is 4.90 Å². The summed E-state index contributed by atoms with van der Waals surface area (Å²) in [6.07, 6.45) is 6.64. The Balaban J connectivity index is 1.40. The molecule has 7 heteroatoms. The predicted molar refractivity (Wildman–Crippen MR) is 96.0 cm³/mol. The second-order valence-corrected chi connectivity index (χ2v) is 5.85. The van der Waals surface area contributed by atoms with Gasteiger partial charge in [0, 0.05) is 32.3 Å². The number of carbonyl (C=O) groups excluding carboxylic acids is 1. The zero-order chi connectivity index (χ0) is 17.1. The van der Waals surface area contributed by atoms with Gasteiger partial charge in [-0.25, -0.2) is 15.0 Å². The van der Waals surface area contributed by atoms with E-state index in [0.29, 0.717) is 18.7 Å². The number of hydrogen-bond donors (Lipinski definition) is 1. The molecule has 0 radical (unpaired) electrons. The van der Waals surface area contributed by atoms with Crippen LogP contribution in [-0.2, 0) is 4.79 Å². The summed E-state index contributed by atoms with van der Waals surface area (Å²) in [6.45, 7) is 2.79. The molecule has 0 aliphatic carbocycles. The zero-order valence-electron chi connectivity index (χ0n) is 13.7. The van der Waals surface area contributed by atoms with E-state index in [1.54, 1.807) is 12.4 Å². The van der Waals surface area contributed by atoms with E-state index in [1.807, 2.05) is 41.3 Å². The molecule has 0 atom stereocenters. The second kappa shape index (κ2) is 6.72. The van der Waals surface area contributed by atoms with E-state index in [1.165, 1.54) is 6.33 Å². The zero-order valence-corrected chi connectivity index (χ0v) is 13.7. The third kappa shape index (κ3) is 3.21. The lowest BCUT2D eigenvalue weighted by Gasteiger charge is -2.34. The van der Waals surface area contributed by atoms with Crippen molar-refractivity contribution in [2.75, 3.05) is 31.1 Å². The fraction of sp³-hybridized carbons (Fsp3) is 0.222. The summed E-state index contributed by atoms with van der Waals surface area (Å²) in [4.78, 5) is 32.2. The van der Waals surface area contributed by atoms with Crippen molar-refractivity contribution >= 4 is 29.0 Å². The highest BCUT2D eigenvalue weighted by molar-refractivity contribution is 5.92. The van der Waals surface area contributed by atoms with Gasteiger partial charge in [-0.3, -0.25) is 4.79 Å². The maximum Gasteiger partial charge on any atom is 0.246 e. The molecule has 1 aliphatic heterocycles. The number of anilines is 1. The van der Waals surface area contributed by atoms with Crippen LogP contribution in [0.15, 0.2) is 49.1 Å². The van der Waals surface area contributed by atoms with E-state index in [-0.39, 0.29) is 5.91 Å². The van der Waals surface area contributed by atoms with Gasteiger partial charge in [0.25, 0.3) is 0 Å². The van der Waals surface area contributed by atoms with E-state index in [0.717, 1.165) is 30.0 Å². The molecule has 3 aromatic rings. The van der Waals surface area contributed by atoms with Crippen molar-refractivity contribution in [1.82, 2.24) is 24.8 Å². The Morgan fingerprint density at radius 1 is 1.04 bits per heavy atom. The highest BCUT2D eigenvalue weighted by Gasteiger charge is 2.22. The van der Waals surface area contributed by atoms with Crippen LogP contribution >= 0.6 is 0 Å². The third-order valence-corrected chi connectivity index (χ3v) is 4.31. The van der Waals surface area contributed by atoms with E-state index in [9.17, 15) is 4.79 Å². The van der Waals surface area contributed by atoms with Gasteiger partial charge < -0.3 is 14.8 Å². The Hall–Kier alpha value is -3.22. The molecule has 2 aromatic heterocycles. The van der Waals surface area contributed by atoms with E-state index in [2.05, 4.69) is 24.8 Å². The topological polar surface area (TPSA) is 78.0 Å². The minimum absolute atomic E-state index is 0.0397. The Bertz CT molecular complexity index is 896. The quantitative estimate of drug-likeness (QED) is 0.738. The summed E-state index contributed by atoms with van der Waals surface area (Å²) in [5.74, 6) is 0.882. The number of hydrogen-bond acceptors (Lipinski definition) is 5.